The van der Waals surface area contributed by atoms with Gasteiger partial charge < -0.3 is 10.1 Å². The van der Waals surface area contributed by atoms with Gasteiger partial charge in [-0.3, -0.25) is 9.69 Å². The Bertz CT molecular complexity index is 1210. The molecule has 0 aliphatic rings. The molecule has 3 aromatic carbocycles. The molecule has 0 radical (unpaired) electrons. The Balaban J connectivity index is 1.67. The summed E-state index contributed by atoms with van der Waals surface area (Å²) in [4.78, 5) is 28.5. The summed E-state index contributed by atoms with van der Waals surface area (Å²) in [5.41, 5.74) is 1.12. The van der Waals surface area contributed by atoms with Crippen molar-refractivity contribution < 1.29 is 27.5 Å². The highest BCUT2D eigenvalue weighted by atomic mass is 32.2. The van der Waals surface area contributed by atoms with Crippen molar-refractivity contribution in [1.29, 1.82) is 0 Å². The fourth-order valence-corrected chi connectivity index (χ4v) is 4.86. The largest absolute Gasteiger partial charge is 0.466 e. The average molecular weight is 573 g/mol. The molecule has 0 aromatic heterocycles. The lowest BCUT2D eigenvalue weighted by Crippen LogP contribution is -2.35. The van der Waals surface area contributed by atoms with E-state index in [4.69, 9.17) is 4.74 Å². The van der Waals surface area contributed by atoms with Crippen molar-refractivity contribution in [3.8, 4) is 0 Å². The summed E-state index contributed by atoms with van der Waals surface area (Å²) in [6.45, 7) is 4.77. The Hall–Kier alpha value is -3.46. The predicted molar refractivity (Wildman–Crippen MR) is 154 cm³/mol. The van der Waals surface area contributed by atoms with Gasteiger partial charge in [-0.2, -0.15) is 13.2 Å². The molecule has 9 heteroatoms. The number of halogens is 3. The van der Waals surface area contributed by atoms with Crippen molar-refractivity contribution in [2.45, 2.75) is 68.3 Å². The fraction of sp³-hybridized carbons (Fsp3) is 0.355. The van der Waals surface area contributed by atoms with Gasteiger partial charge in [-0.15, -0.1) is 0 Å². The second kappa shape index (κ2) is 15.4. The molecular weight excluding hydrogens is 537 g/mol. The number of esters is 1. The number of carbonyl (C=O) groups is 2. The highest BCUT2D eigenvalue weighted by molar-refractivity contribution is 7.99. The van der Waals surface area contributed by atoms with Gasteiger partial charge >= 0.3 is 18.2 Å². The van der Waals surface area contributed by atoms with Crippen LogP contribution in [0.25, 0.3) is 0 Å². The SMILES string of the molecule is CCCCCCCN(C(=O)Nc1ccc(C(F)(F)F)cc1)c1ccc(Sc2ccc(CC(=O)OCC)cc2)cc1. The number of urea groups is 1. The van der Waals surface area contributed by atoms with Crippen molar-refractivity contribution in [3.63, 3.8) is 0 Å². The number of amides is 2. The zero-order valence-electron chi connectivity index (χ0n) is 22.8. The molecule has 0 saturated heterocycles. The first-order valence-corrected chi connectivity index (χ1v) is 14.3. The second-order valence-electron chi connectivity index (χ2n) is 9.29. The third-order valence-corrected chi connectivity index (χ3v) is 7.17. The number of carbonyl (C=O) groups excluding carboxylic acids is 2. The maximum Gasteiger partial charge on any atom is 0.416 e. The molecule has 214 valence electrons. The predicted octanol–water partition coefficient (Wildman–Crippen LogP) is 8.97. The van der Waals surface area contributed by atoms with Crippen molar-refractivity contribution in [2.24, 2.45) is 0 Å². The summed E-state index contributed by atoms with van der Waals surface area (Å²) in [5, 5.41) is 2.73. The van der Waals surface area contributed by atoms with Gasteiger partial charge in [-0.05, 0) is 79.6 Å². The van der Waals surface area contributed by atoms with E-state index >= 15 is 0 Å². The maximum absolute atomic E-state index is 13.2. The van der Waals surface area contributed by atoms with Crippen LogP contribution in [0.15, 0.2) is 82.6 Å². The molecule has 40 heavy (non-hydrogen) atoms. The molecule has 0 saturated carbocycles. The first kappa shape index (κ1) is 31.1. The summed E-state index contributed by atoms with van der Waals surface area (Å²) in [6, 6.07) is 19.4. The number of unbranched alkanes of at least 4 members (excludes halogenated alkanes) is 4. The third kappa shape index (κ3) is 9.93. The van der Waals surface area contributed by atoms with Crippen LogP contribution < -0.4 is 10.2 Å². The molecule has 0 fully saturated rings. The van der Waals surface area contributed by atoms with E-state index in [1.54, 1.807) is 23.6 Å². The van der Waals surface area contributed by atoms with Gasteiger partial charge in [0.2, 0.25) is 0 Å². The number of benzene rings is 3. The molecular formula is C31H35F3N2O3S. The lowest BCUT2D eigenvalue weighted by atomic mass is 10.1. The van der Waals surface area contributed by atoms with Crippen LogP contribution in [0.3, 0.4) is 0 Å². The summed E-state index contributed by atoms with van der Waals surface area (Å²) in [6.07, 6.45) is 0.929. The van der Waals surface area contributed by atoms with E-state index in [2.05, 4.69) is 12.2 Å². The standard InChI is InChI=1S/C31H35F3N2O3S/c1-3-5-6-7-8-21-36(30(38)35-25-13-11-24(12-14-25)31(32,33)34)26-15-19-28(20-16-26)40-27-17-9-23(10-18-27)22-29(37)39-4-2/h9-20H,3-8,21-22H2,1-2H3,(H,35,38). The van der Waals surface area contributed by atoms with E-state index in [1.165, 1.54) is 12.1 Å². The molecule has 0 heterocycles. The van der Waals surface area contributed by atoms with Crippen LogP contribution in [0.4, 0.5) is 29.3 Å². The van der Waals surface area contributed by atoms with Gasteiger partial charge in [0.15, 0.2) is 0 Å². The third-order valence-electron chi connectivity index (χ3n) is 6.16. The number of nitrogens with one attached hydrogen (secondary N) is 1. The number of ether oxygens (including phenoxy) is 1. The minimum absolute atomic E-state index is 0.232. The first-order chi connectivity index (χ1) is 19.2. The van der Waals surface area contributed by atoms with Gasteiger partial charge in [-0.1, -0.05) is 56.5 Å². The van der Waals surface area contributed by atoms with Gasteiger partial charge in [0.05, 0.1) is 18.6 Å². The molecule has 0 aliphatic heterocycles. The van der Waals surface area contributed by atoms with E-state index in [1.807, 2.05) is 48.5 Å². The van der Waals surface area contributed by atoms with Crippen molar-refractivity contribution >= 4 is 35.1 Å². The molecule has 0 bridgehead atoms. The monoisotopic (exact) mass is 572 g/mol. The molecule has 0 spiro atoms. The summed E-state index contributed by atoms with van der Waals surface area (Å²) < 4.78 is 43.7. The zero-order valence-corrected chi connectivity index (χ0v) is 23.6. The lowest BCUT2D eigenvalue weighted by Gasteiger charge is -2.24. The molecule has 0 aliphatic carbocycles. The minimum atomic E-state index is -4.43. The number of hydrogen-bond acceptors (Lipinski definition) is 4. The van der Waals surface area contributed by atoms with Crippen LogP contribution >= 0.6 is 11.8 Å². The number of rotatable bonds is 13. The summed E-state index contributed by atoms with van der Waals surface area (Å²) >= 11 is 1.56. The number of anilines is 2. The Morgan fingerprint density at radius 2 is 1.43 bits per heavy atom. The van der Waals surface area contributed by atoms with Crippen LogP contribution in [0.1, 0.15) is 57.1 Å². The normalized spacial score (nSPS) is 11.2. The van der Waals surface area contributed by atoms with Crippen LogP contribution in [0.2, 0.25) is 0 Å². The Morgan fingerprint density at radius 1 is 0.825 bits per heavy atom. The fourth-order valence-electron chi connectivity index (χ4n) is 4.04. The molecule has 0 atom stereocenters. The molecule has 5 nitrogen and oxygen atoms in total. The van der Waals surface area contributed by atoms with E-state index in [0.717, 1.165) is 59.6 Å². The van der Waals surface area contributed by atoms with Crippen molar-refractivity contribution in [3.05, 3.63) is 83.9 Å². The van der Waals surface area contributed by atoms with Crippen LogP contribution in [-0.2, 0) is 22.1 Å². The number of hydrogen-bond donors (Lipinski definition) is 1. The smallest absolute Gasteiger partial charge is 0.416 e. The Kier molecular flexibility index (Phi) is 11.9. The topological polar surface area (TPSA) is 58.6 Å². The van der Waals surface area contributed by atoms with Gasteiger partial charge in [0, 0.05) is 27.7 Å². The Morgan fingerprint density at radius 3 is 2.00 bits per heavy atom. The zero-order chi connectivity index (χ0) is 29.0. The van der Waals surface area contributed by atoms with E-state index < -0.39 is 17.8 Å². The van der Waals surface area contributed by atoms with E-state index in [0.29, 0.717) is 24.5 Å². The second-order valence-corrected chi connectivity index (χ2v) is 10.4. The van der Waals surface area contributed by atoms with Crippen molar-refractivity contribution in [1.82, 2.24) is 0 Å². The minimum Gasteiger partial charge on any atom is -0.466 e. The van der Waals surface area contributed by atoms with Crippen LogP contribution in [-0.4, -0.2) is 25.2 Å². The highest BCUT2D eigenvalue weighted by Gasteiger charge is 2.30. The van der Waals surface area contributed by atoms with Crippen LogP contribution in [0.5, 0.6) is 0 Å². The quantitative estimate of drug-likeness (QED) is 0.164. The molecule has 0 unspecified atom stereocenters. The first-order valence-electron chi connectivity index (χ1n) is 13.5. The highest BCUT2D eigenvalue weighted by Crippen LogP contribution is 2.31. The summed E-state index contributed by atoms with van der Waals surface area (Å²) in [7, 11) is 0. The van der Waals surface area contributed by atoms with Gasteiger partial charge in [-0.25, -0.2) is 4.79 Å². The summed E-state index contributed by atoms with van der Waals surface area (Å²) in [5.74, 6) is -0.254. The maximum atomic E-state index is 13.2. The molecule has 1 N–H and O–H groups in total. The Labute approximate surface area is 238 Å². The van der Waals surface area contributed by atoms with Gasteiger partial charge in [0.1, 0.15) is 0 Å². The van der Waals surface area contributed by atoms with E-state index in [9.17, 15) is 22.8 Å². The lowest BCUT2D eigenvalue weighted by molar-refractivity contribution is -0.142. The molecule has 3 aromatic rings. The number of alkyl halides is 3. The van der Waals surface area contributed by atoms with Gasteiger partial charge in [0.25, 0.3) is 0 Å². The van der Waals surface area contributed by atoms with E-state index in [-0.39, 0.29) is 12.4 Å². The van der Waals surface area contributed by atoms with Crippen molar-refractivity contribution in [2.75, 3.05) is 23.4 Å². The number of nitrogens with zero attached hydrogens (tertiary/aromatic N) is 1. The average Bonchev–Trinajstić information content (AvgIpc) is 2.92. The van der Waals surface area contributed by atoms with Crippen LogP contribution in [0, 0.1) is 0 Å². The molecule has 3 rings (SSSR count). The molecule has 2 amide bonds.